The number of fused-ring (bicyclic) bond motifs is 1. The molecule has 0 radical (unpaired) electrons. The summed E-state index contributed by atoms with van der Waals surface area (Å²) < 4.78 is 5.88. The highest BCUT2D eigenvalue weighted by atomic mass is 16.5. The minimum Gasteiger partial charge on any atom is -0.374 e. The molecule has 0 spiro atoms. The first-order valence-corrected chi connectivity index (χ1v) is 7.16. The summed E-state index contributed by atoms with van der Waals surface area (Å²) in [5.74, 6) is 5.74. The summed E-state index contributed by atoms with van der Waals surface area (Å²) in [6.45, 7) is 2.95. The smallest absolute Gasteiger partial charge is 0.0824 e. The van der Waals surface area contributed by atoms with Gasteiger partial charge in [0.1, 0.15) is 0 Å². The average molecular weight is 271 g/mol. The Morgan fingerprint density at radius 3 is 2.95 bits per heavy atom. The number of para-hydroxylation sites is 1. The molecule has 0 bridgehead atoms. The minimum absolute atomic E-state index is 0.0821. The minimum atomic E-state index is -0.192. The SMILES string of the molecule is CC1(C(Cc2ccc3ccccc3n2)NN)CCCO1. The molecule has 3 N–H and O–H groups in total. The van der Waals surface area contributed by atoms with E-state index < -0.39 is 0 Å². The van der Waals surface area contributed by atoms with Crippen LogP contribution in [0.2, 0.25) is 0 Å². The van der Waals surface area contributed by atoms with Gasteiger partial charge in [0.05, 0.1) is 17.2 Å². The molecule has 2 heterocycles. The van der Waals surface area contributed by atoms with Gasteiger partial charge in [-0.2, -0.15) is 0 Å². The molecule has 4 nitrogen and oxygen atoms in total. The Labute approximate surface area is 119 Å². The lowest BCUT2D eigenvalue weighted by Crippen LogP contribution is -2.52. The first-order chi connectivity index (χ1) is 9.71. The van der Waals surface area contributed by atoms with Gasteiger partial charge in [-0.25, -0.2) is 0 Å². The Balaban J connectivity index is 1.83. The standard InChI is InChI=1S/C16H21N3O/c1-16(9-4-10-20-16)15(19-17)11-13-8-7-12-5-2-3-6-14(12)18-13/h2-3,5-8,15,19H,4,9-11,17H2,1H3. The molecule has 1 fully saturated rings. The number of rotatable bonds is 4. The molecule has 0 saturated carbocycles. The van der Waals surface area contributed by atoms with Gasteiger partial charge in [-0.3, -0.25) is 16.3 Å². The summed E-state index contributed by atoms with van der Waals surface area (Å²) in [5.41, 5.74) is 4.79. The molecule has 2 aromatic rings. The highest BCUT2D eigenvalue weighted by Crippen LogP contribution is 2.30. The zero-order chi connectivity index (χ0) is 14.0. The lowest BCUT2D eigenvalue weighted by Gasteiger charge is -2.32. The van der Waals surface area contributed by atoms with Gasteiger partial charge in [-0.15, -0.1) is 0 Å². The number of ether oxygens (including phenoxy) is 1. The molecule has 4 heteroatoms. The van der Waals surface area contributed by atoms with Crippen molar-refractivity contribution in [2.75, 3.05) is 6.61 Å². The van der Waals surface area contributed by atoms with Crippen molar-refractivity contribution in [3.05, 3.63) is 42.1 Å². The Bertz CT molecular complexity index is 593. The molecule has 1 aromatic carbocycles. The van der Waals surface area contributed by atoms with Crippen LogP contribution in [0.25, 0.3) is 10.9 Å². The van der Waals surface area contributed by atoms with Crippen molar-refractivity contribution in [3.63, 3.8) is 0 Å². The second-order valence-corrected chi connectivity index (χ2v) is 5.68. The van der Waals surface area contributed by atoms with Gasteiger partial charge >= 0.3 is 0 Å². The first-order valence-electron chi connectivity index (χ1n) is 7.16. The topological polar surface area (TPSA) is 60.2 Å². The van der Waals surface area contributed by atoms with Crippen molar-refractivity contribution in [2.24, 2.45) is 5.84 Å². The fourth-order valence-corrected chi connectivity index (χ4v) is 2.96. The summed E-state index contributed by atoms with van der Waals surface area (Å²) in [6, 6.07) is 12.4. The Hall–Kier alpha value is -1.49. The van der Waals surface area contributed by atoms with E-state index in [0.29, 0.717) is 0 Å². The van der Waals surface area contributed by atoms with Crippen LogP contribution in [-0.2, 0) is 11.2 Å². The summed E-state index contributed by atoms with van der Waals surface area (Å²) in [4.78, 5) is 4.71. The first kappa shape index (κ1) is 13.5. The van der Waals surface area contributed by atoms with Crippen molar-refractivity contribution >= 4 is 10.9 Å². The molecule has 1 aliphatic heterocycles. The van der Waals surface area contributed by atoms with Crippen molar-refractivity contribution in [3.8, 4) is 0 Å². The van der Waals surface area contributed by atoms with Gasteiger partial charge in [0.15, 0.2) is 0 Å². The van der Waals surface area contributed by atoms with Crippen LogP contribution >= 0.6 is 0 Å². The number of hydrazine groups is 1. The summed E-state index contributed by atoms with van der Waals surface area (Å²) in [7, 11) is 0. The Morgan fingerprint density at radius 2 is 2.20 bits per heavy atom. The van der Waals surface area contributed by atoms with Crippen LogP contribution in [0.1, 0.15) is 25.5 Å². The molecular weight excluding hydrogens is 250 g/mol. The lowest BCUT2D eigenvalue weighted by molar-refractivity contribution is -0.0117. The molecule has 2 unspecified atom stereocenters. The van der Waals surface area contributed by atoms with Gasteiger partial charge in [0, 0.05) is 24.1 Å². The fraction of sp³-hybridized carbons (Fsp3) is 0.438. The predicted molar refractivity (Wildman–Crippen MR) is 80.1 cm³/mol. The Morgan fingerprint density at radius 1 is 1.35 bits per heavy atom. The molecule has 1 aliphatic rings. The largest absolute Gasteiger partial charge is 0.374 e. The van der Waals surface area contributed by atoms with Crippen molar-refractivity contribution in [1.82, 2.24) is 10.4 Å². The zero-order valence-corrected chi connectivity index (χ0v) is 11.8. The van der Waals surface area contributed by atoms with Crippen LogP contribution in [0, 0.1) is 0 Å². The zero-order valence-electron chi connectivity index (χ0n) is 11.8. The van der Waals surface area contributed by atoms with Crippen LogP contribution in [-0.4, -0.2) is 23.2 Å². The third-order valence-electron chi connectivity index (χ3n) is 4.26. The number of nitrogens with two attached hydrogens (primary N) is 1. The van der Waals surface area contributed by atoms with Gasteiger partial charge in [0.25, 0.3) is 0 Å². The molecule has 106 valence electrons. The van der Waals surface area contributed by atoms with E-state index in [4.69, 9.17) is 15.6 Å². The van der Waals surface area contributed by atoms with Crippen LogP contribution in [0.3, 0.4) is 0 Å². The van der Waals surface area contributed by atoms with Gasteiger partial charge in [-0.05, 0) is 31.9 Å². The van der Waals surface area contributed by atoms with E-state index >= 15 is 0 Å². The summed E-state index contributed by atoms with van der Waals surface area (Å²) in [5, 5.41) is 1.16. The number of hydrogen-bond acceptors (Lipinski definition) is 4. The van der Waals surface area contributed by atoms with E-state index in [1.165, 1.54) is 0 Å². The van der Waals surface area contributed by atoms with E-state index in [-0.39, 0.29) is 11.6 Å². The third-order valence-corrected chi connectivity index (χ3v) is 4.26. The number of nitrogens with zero attached hydrogens (tertiary/aromatic N) is 1. The maximum Gasteiger partial charge on any atom is 0.0824 e. The van der Waals surface area contributed by atoms with E-state index in [2.05, 4.69) is 30.5 Å². The second-order valence-electron chi connectivity index (χ2n) is 5.68. The molecule has 1 aromatic heterocycles. The predicted octanol–water partition coefficient (Wildman–Crippen LogP) is 2.18. The molecule has 1 saturated heterocycles. The molecule has 0 amide bonds. The monoisotopic (exact) mass is 271 g/mol. The molecule has 20 heavy (non-hydrogen) atoms. The maximum absolute atomic E-state index is 5.88. The number of nitrogens with one attached hydrogen (secondary N) is 1. The summed E-state index contributed by atoms with van der Waals surface area (Å²) in [6.07, 6.45) is 2.91. The van der Waals surface area contributed by atoms with Crippen molar-refractivity contribution < 1.29 is 4.74 Å². The van der Waals surface area contributed by atoms with Gasteiger partial charge in [0.2, 0.25) is 0 Å². The van der Waals surface area contributed by atoms with Gasteiger partial charge < -0.3 is 4.74 Å². The van der Waals surface area contributed by atoms with Crippen molar-refractivity contribution in [2.45, 2.75) is 37.8 Å². The normalized spacial score (nSPS) is 24.1. The van der Waals surface area contributed by atoms with Crippen LogP contribution in [0.15, 0.2) is 36.4 Å². The number of pyridine rings is 1. The van der Waals surface area contributed by atoms with E-state index in [1.54, 1.807) is 0 Å². The highest BCUT2D eigenvalue weighted by Gasteiger charge is 2.38. The van der Waals surface area contributed by atoms with Crippen LogP contribution in [0.4, 0.5) is 0 Å². The molecular formula is C16H21N3O. The average Bonchev–Trinajstić information content (AvgIpc) is 2.92. The number of aromatic nitrogens is 1. The lowest BCUT2D eigenvalue weighted by atomic mass is 9.90. The van der Waals surface area contributed by atoms with Crippen molar-refractivity contribution in [1.29, 1.82) is 0 Å². The molecule has 3 rings (SSSR count). The quantitative estimate of drug-likeness (QED) is 0.661. The fourth-order valence-electron chi connectivity index (χ4n) is 2.96. The highest BCUT2D eigenvalue weighted by molar-refractivity contribution is 5.78. The number of hydrogen-bond donors (Lipinski definition) is 2. The van der Waals surface area contributed by atoms with E-state index in [0.717, 1.165) is 42.5 Å². The summed E-state index contributed by atoms with van der Waals surface area (Å²) >= 11 is 0. The van der Waals surface area contributed by atoms with E-state index in [1.807, 2.05) is 18.2 Å². The van der Waals surface area contributed by atoms with E-state index in [9.17, 15) is 0 Å². The Kier molecular flexibility index (Phi) is 3.70. The van der Waals surface area contributed by atoms with Gasteiger partial charge in [-0.1, -0.05) is 24.3 Å². The second kappa shape index (κ2) is 5.48. The third kappa shape index (κ3) is 2.54. The van der Waals surface area contributed by atoms with Crippen LogP contribution < -0.4 is 11.3 Å². The molecule has 0 aliphatic carbocycles. The maximum atomic E-state index is 5.88. The molecule has 2 atom stereocenters. The van der Waals surface area contributed by atoms with Crippen LogP contribution in [0.5, 0.6) is 0 Å². The number of benzene rings is 1.